The highest BCUT2D eigenvalue weighted by Crippen LogP contribution is 2.40. The van der Waals surface area contributed by atoms with E-state index in [9.17, 15) is 47.9 Å². The van der Waals surface area contributed by atoms with Crippen molar-refractivity contribution in [2.75, 3.05) is 58.7 Å². The summed E-state index contributed by atoms with van der Waals surface area (Å²) in [6.07, 6.45) is 8.90. The number of methoxy groups -OCH3 is 1. The Kier molecular flexibility index (Phi) is 27.2. The van der Waals surface area contributed by atoms with Gasteiger partial charge < -0.3 is 80.0 Å². The monoisotopic (exact) mass is 1850 g/mol. The number of H-pyrrole nitrogens is 9. The molecule has 0 amide bonds. The Morgan fingerprint density at radius 3 is 1.39 bits per heavy atom. The summed E-state index contributed by atoms with van der Waals surface area (Å²) in [5, 5.41) is 15.5. The molecule has 0 saturated carbocycles. The number of thiazole rings is 1. The van der Waals surface area contributed by atoms with Crippen molar-refractivity contribution >= 4 is 232 Å². The lowest BCUT2D eigenvalue weighted by atomic mass is 9.97. The van der Waals surface area contributed by atoms with Crippen LogP contribution in [0.3, 0.4) is 0 Å². The van der Waals surface area contributed by atoms with E-state index in [0.717, 1.165) is 122 Å². The molecule has 2 aliphatic rings. The number of carbonyl (C=O) groups excluding carboxylic acids is 1. The third kappa shape index (κ3) is 20.3. The number of aromatic amines is 9. The van der Waals surface area contributed by atoms with E-state index in [4.69, 9.17) is 75.0 Å². The minimum atomic E-state index is -0.575. The molecule has 20 rings (SSSR count). The summed E-state index contributed by atoms with van der Waals surface area (Å²) >= 11 is 9.88. The van der Waals surface area contributed by atoms with Crippen LogP contribution in [0.2, 0.25) is 0 Å². The predicted octanol–water partition coefficient (Wildman–Crippen LogP) is 7.50. The van der Waals surface area contributed by atoms with Crippen LogP contribution >= 0.6 is 79.4 Å². The molecule has 660 valence electrons. The molecule has 18 heterocycles. The third-order valence-corrected chi connectivity index (χ3v) is 26.8. The zero-order valence-electron chi connectivity index (χ0n) is 69.1. The topological polar surface area (TPSA) is 754 Å². The molecule has 0 saturated heterocycles. The summed E-state index contributed by atoms with van der Waals surface area (Å²) in [6.45, 7) is 20.2. The quantitative estimate of drug-likeness (QED) is 0.0758. The van der Waals surface area contributed by atoms with Crippen LogP contribution in [0.4, 0.5) is 52.4 Å². The molecule has 0 fully saturated rings. The summed E-state index contributed by atoms with van der Waals surface area (Å²) in [7, 11) is 1.56. The predicted molar refractivity (Wildman–Crippen MR) is 495 cm³/mol. The number of anilines is 9. The van der Waals surface area contributed by atoms with Crippen molar-refractivity contribution in [1.82, 2.24) is 99.7 Å². The van der Waals surface area contributed by atoms with Gasteiger partial charge >= 0.3 is 57.2 Å². The van der Waals surface area contributed by atoms with E-state index in [-0.39, 0.29) is 46.8 Å². The Hall–Kier alpha value is -14.0. The minimum absolute atomic E-state index is 0.0551. The zero-order valence-corrected chi connectivity index (χ0v) is 74.8. The Morgan fingerprint density at radius 2 is 0.865 bits per heavy atom. The first-order valence-electron chi connectivity index (χ1n) is 37.7. The van der Waals surface area contributed by atoms with Gasteiger partial charge in [-0.15, -0.1) is 68.0 Å². The second kappa shape index (κ2) is 37.6. The van der Waals surface area contributed by atoms with E-state index in [0.29, 0.717) is 98.5 Å². The normalized spacial score (nSPS) is 12.0. The number of aliphatic hydroxyl groups excluding tert-OH is 1. The van der Waals surface area contributed by atoms with Gasteiger partial charge in [-0.3, -0.25) is 39.9 Å². The summed E-state index contributed by atoms with van der Waals surface area (Å²) in [6, 6.07) is 1.75. The second-order valence-corrected chi connectivity index (χ2v) is 36.2. The van der Waals surface area contributed by atoms with Gasteiger partial charge in [-0.2, -0.15) is 49.8 Å². The minimum Gasteiger partial charge on any atom is -0.487 e. The molecule has 18 aromatic rings. The number of nitrogens with two attached hydrogens (primary N) is 9. The molecule has 0 bridgehead atoms. The zero-order chi connectivity index (χ0) is 91.5. The third-order valence-electron chi connectivity index (χ3n) is 18.8. The van der Waals surface area contributed by atoms with Gasteiger partial charge in [0.1, 0.15) is 90.6 Å². The highest BCUT2D eigenvalue weighted by Gasteiger charge is 2.26. The fraction of sp³-hybridized carbons (Fsp3) is 0.293. The molecule has 18 aromatic heterocycles. The van der Waals surface area contributed by atoms with Crippen LogP contribution < -0.4 is 108 Å². The van der Waals surface area contributed by atoms with Gasteiger partial charge in [-0.25, -0.2) is 52.9 Å². The summed E-state index contributed by atoms with van der Waals surface area (Å²) in [5.74, 6) is 3.61. The van der Waals surface area contributed by atoms with Crippen LogP contribution in [0.1, 0.15) is 126 Å². The van der Waals surface area contributed by atoms with Gasteiger partial charge in [0.25, 0.3) is 0 Å². The van der Waals surface area contributed by atoms with Gasteiger partial charge in [0.15, 0.2) is 33.8 Å². The van der Waals surface area contributed by atoms with Crippen LogP contribution in [-0.4, -0.2) is 123 Å². The Bertz CT molecular complexity index is 7600. The lowest BCUT2D eigenvalue weighted by Crippen LogP contribution is -2.23. The number of furan rings is 1. The molecule has 126 heavy (non-hydrogen) atoms. The van der Waals surface area contributed by atoms with E-state index in [1.165, 1.54) is 79.0 Å². The molecule has 51 heteroatoms. The number of nitrogens with one attached hydrogen (secondary N) is 9. The first-order valence-corrected chi connectivity index (χ1v) is 43.4. The number of hydrogen-bond donors (Lipinski definition) is 19. The fourth-order valence-corrected chi connectivity index (χ4v) is 20.6. The van der Waals surface area contributed by atoms with Crippen LogP contribution in [0.25, 0.3) is 94.0 Å². The van der Waals surface area contributed by atoms with E-state index in [2.05, 4.69) is 107 Å². The first-order chi connectivity index (χ1) is 59.6. The molecule has 0 atom stereocenters. The van der Waals surface area contributed by atoms with Crippen LogP contribution in [0.15, 0.2) is 58.1 Å². The first kappa shape index (κ1) is 91.2. The van der Waals surface area contributed by atoms with Crippen molar-refractivity contribution in [3.63, 3.8) is 0 Å². The average Bonchev–Trinajstić information content (AvgIpc) is 1.61. The molecule has 0 aromatic carbocycles. The van der Waals surface area contributed by atoms with Gasteiger partial charge in [0, 0.05) is 38.1 Å². The van der Waals surface area contributed by atoms with Crippen molar-refractivity contribution < 1.29 is 28.2 Å². The Labute approximate surface area is 733 Å². The standard InChI is InChI=1S/C12H15N3O3S.C10H11N3OS.C9H9N3OS.C9H11N3OS.C8H9N3O2S.C8H9N3O2.C7H7N3O2S.C6H6N4O2.C6H6N4OS/c1-5-6-8(13)14-11(17)15-9(6)19-7(5)10(16)18-12(2,3)4;11-8-7-5-3-1-2-4-6(5)15-9(7)13-10(14)12-8;10-7-6-4-2-1-3-5(4)14-8(6)12-9(13)11-7;1-3-5-4(2)6-7(10)11-9(13)12-8(6)14-5;1-3-4(2-12)14-7-5(3)6(9)10-8(13)11-7;1-3-4(2)13-6-5(3)10-8(12)11-7(6)9;1-12-4-2-3-5(8)9-7(11)10-6(3)13-4;2*1-2-8-5-3(12-2)4(7)9-6(11)10-5/h1-4H3,(H3,13,14,15,17);1-4H2,(H3,11,12,13,14);1-3H2,(H3,10,11,12,13);3H2,1-2H3,(H3,10,11,12,13);12H,2H2,1H3,(H3,9,10,11,13);1-2H3,(H3,9,10,11,12);2H,1H3,(H3,8,9,10,11);2*1H3,(H3,7,9,10,11). The number of hydrogen-bond acceptors (Lipinski definition) is 42. The number of esters is 1. The maximum Gasteiger partial charge on any atom is 0.349 e. The van der Waals surface area contributed by atoms with Crippen molar-refractivity contribution in [1.29, 1.82) is 0 Å². The van der Waals surface area contributed by atoms with Gasteiger partial charge in [-0.1, -0.05) is 18.3 Å². The summed E-state index contributed by atoms with van der Waals surface area (Å²) < 4.78 is 21.5. The highest BCUT2D eigenvalue weighted by molar-refractivity contribution is 7.21. The molecular formula is C75H83N29O15S7. The largest absolute Gasteiger partial charge is 0.487 e. The van der Waals surface area contributed by atoms with Crippen molar-refractivity contribution in [3.05, 3.63) is 175 Å². The molecule has 44 nitrogen and oxygen atoms in total. The molecule has 0 aliphatic heterocycles. The number of nitrogens with zero attached hydrogens (tertiary/aromatic N) is 11. The molecule has 0 radical (unpaired) electrons. The van der Waals surface area contributed by atoms with Crippen molar-refractivity contribution in [2.24, 2.45) is 0 Å². The maximum atomic E-state index is 12.1. The van der Waals surface area contributed by atoms with Gasteiger partial charge in [0.2, 0.25) is 11.2 Å². The maximum absolute atomic E-state index is 12.1. The van der Waals surface area contributed by atoms with Crippen molar-refractivity contribution in [3.8, 4) is 5.06 Å². The Balaban J connectivity index is 0.000000129. The number of aliphatic hydroxyl groups is 1. The van der Waals surface area contributed by atoms with E-state index in [1.54, 1.807) is 81.8 Å². The number of carbonyl (C=O) groups is 1. The van der Waals surface area contributed by atoms with Crippen LogP contribution in [0.5, 0.6) is 5.06 Å². The lowest BCUT2D eigenvalue weighted by molar-refractivity contribution is 0.00743. The van der Waals surface area contributed by atoms with E-state index < -0.39 is 45.7 Å². The molecule has 0 unspecified atom stereocenters. The van der Waals surface area contributed by atoms with Crippen LogP contribution in [-0.2, 0) is 43.4 Å². The van der Waals surface area contributed by atoms with E-state index in [1.807, 2.05) is 34.6 Å². The molecule has 2 aliphatic carbocycles. The number of rotatable bonds is 4. The molecule has 28 N–H and O–H groups in total. The van der Waals surface area contributed by atoms with Gasteiger partial charge in [0.05, 0.1) is 56.6 Å². The lowest BCUT2D eigenvalue weighted by Gasteiger charge is -2.19. The highest BCUT2D eigenvalue weighted by atomic mass is 32.1. The summed E-state index contributed by atoms with van der Waals surface area (Å²) in [5.41, 5.74) is 54.6. The van der Waals surface area contributed by atoms with Gasteiger partial charge in [-0.05, 0) is 141 Å². The second-order valence-electron chi connectivity index (χ2n) is 28.7. The smallest absolute Gasteiger partial charge is 0.349 e. The molecule has 0 spiro atoms. The number of ether oxygens (including phenoxy) is 2. The summed E-state index contributed by atoms with van der Waals surface area (Å²) in [4.78, 5) is 184. The number of thiophene rings is 6. The van der Waals surface area contributed by atoms with Crippen molar-refractivity contribution in [2.45, 2.75) is 140 Å². The average molecular weight is 1860 g/mol. The number of nitrogen functional groups attached to an aromatic ring is 9. The number of fused-ring (bicyclic) bond motifs is 13. The number of aromatic nitrogens is 20. The fourth-order valence-electron chi connectivity index (χ4n) is 13.1. The van der Waals surface area contributed by atoms with Crippen LogP contribution in [0, 0.1) is 48.5 Å². The SMILES string of the molecule is CCc1sc2nc(=O)[nH]c(N)c2c1C.COc1cc2c(N)[nH]c(=O)nc2s1.Cc1c(C(=O)OC(C)(C)C)sc2nc(=O)[nH]c(N)c12.Cc1c(CO)sc2nc(=O)[nH]c(N)c12.Cc1nc2nc(=O)[nH]c(N)c2o1.Cc1nc2nc(=O)[nH]c(N)c2s1.Cc1oc2c(N)nc(=O)[nH]c2c1C.Nc1[nH]c(=O)nc2sc3c(c12)CCC3.Nc1[nH]c(=O)nc2sc3c(c12)CCCC3. The Morgan fingerprint density at radius 1 is 0.437 bits per heavy atom. The van der Waals surface area contributed by atoms with E-state index >= 15 is 0 Å². The number of aryl methyl sites for hydroxylation is 12. The number of oxazole rings is 1. The molecular weight excluding hydrogens is 1770 g/mol.